The highest BCUT2D eigenvalue weighted by atomic mass is 32.2. The molecule has 1 N–H and O–H groups in total. The second kappa shape index (κ2) is 10.2. The fraction of sp³-hybridized carbons (Fsp3) is 0.318. The van der Waals surface area contributed by atoms with Gasteiger partial charge in [0.1, 0.15) is 16.7 Å². The van der Waals surface area contributed by atoms with Crippen molar-refractivity contribution in [1.29, 1.82) is 0 Å². The molecular weight excluding hydrogens is 402 g/mol. The van der Waals surface area contributed by atoms with E-state index in [-0.39, 0.29) is 18.2 Å². The quantitative estimate of drug-likeness (QED) is 0.687. The lowest BCUT2D eigenvalue weighted by Crippen LogP contribution is -2.34. The first-order valence-electron chi connectivity index (χ1n) is 9.69. The maximum absolute atomic E-state index is 12.9. The molecule has 1 atom stereocenters. The number of amidine groups is 1. The number of para-hydroxylation sites is 2. The van der Waals surface area contributed by atoms with Gasteiger partial charge < -0.3 is 14.8 Å². The minimum Gasteiger partial charge on any atom is -0.497 e. The molecule has 158 valence electrons. The molecule has 1 aliphatic heterocycles. The van der Waals surface area contributed by atoms with Crippen LogP contribution in [0.3, 0.4) is 0 Å². The topological polar surface area (TPSA) is 80.2 Å². The number of nitrogens with zero attached hydrogens (tertiary/aromatic N) is 2. The molecule has 0 radical (unpaired) electrons. The predicted octanol–water partition coefficient (Wildman–Crippen LogP) is 4.07. The molecule has 2 aromatic carbocycles. The number of carbonyl (C=O) groups excluding carboxylic acids is 2. The average Bonchev–Trinajstić information content (AvgIpc) is 3.03. The van der Waals surface area contributed by atoms with E-state index in [4.69, 9.17) is 9.47 Å². The molecule has 1 unspecified atom stereocenters. The zero-order valence-corrected chi connectivity index (χ0v) is 18.1. The second-order valence-electron chi connectivity index (χ2n) is 6.64. The highest BCUT2D eigenvalue weighted by Gasteiger charge is 2.38. The van der Waals surface area contributed by atoms with Crippen LogP contribution < -0.4 is 14.8 Å². The number of amides is 2. The largest absolute Gasteiger partial charge is 0.497 e. The number of nitrogens with one attached hydrogen (secondary N) is 1. The van der Waals surface area contributed by atoms with Crippen molar-refractivity contribution < 1.29 is 19.1 Å². The fourth-order valence-corrected chi connectivity index (χ4v) is 4.22. The number of hydrogen-bond donors (Lipinski definition) is 1. The van der Waals surface area contributed by atoms with E-state index in [0.29, 0.717) is 23.1 Å². The molecule has 1 fully saturated rings. The molecule has 7 nitrogen and oxygen atoms in total. The number of hydrogen-bond acceptors (Lipinski definition) is 6. The lowest BCUT2D eigenvalue weighted by molar-refractivity contribution is -0.128. The van der Waals surface area contributed by atoms with Crippen molar-refractivity contribution in [2.75, 3.05) is 26.1 Å². The van der Waals surface area contributed by atoms with E-state index in [9.17, 15) is 9.59 Å². The van der Waals surface area contributed by atoms with E-state index < -0.39 is 5.25 Å². The molecule has 1 saturated heterocycles. The Morgan fingerprint density at radius 3 is 2.53 bits per heavy atom. The molecule has 3 rings (SSSR count). The van der Waals surface area contributed by atoms with E-state index >= 15 is 0 Å². The van der Waals surface area contributed by atoms with Crippen LogP contribution in [-0.4, -0.2) is 47.9 Å². The number of aliphatic imine (C=N–C) groups is 1. The van der Waals surface area contributed by atoms with Crippen LogP contribution in [-0.2, 0) is 9.59 Å². The average molecular weight is 428 g/mol. The summed E-state index contributed by atoms with van der Waals surface area (Å²) in [6.07, 6.45) is 0.859. The van der Waals surface area contributed by atoms with Gasteiger partial charge in [0.05, 0.1) is 25.6 Å². The lowest BCUT2D eigenvalue weighted by Gasteiger charge is -2.15. The number of carbonyl (C=O) groups is 2. The summed E-state index contributed by atoms with van der Waals surface area (Å²) in [6.45, 7) is 2.57. The van der Waals surface area contributed by atoms with Crippen molar-refractivity contribution in [1.82, 2.24) is 4.90 Å². The smallest absolute Gasteiger partial charge is 0.242 e. The standard InChI is InChI=1S/C22H25N3O4S/c1-4-13-25-21(27)19(14-20(26)24-17-7-5-6-8-18(17)29-3)30-22(25)23-15-9-11-16(28-2)12-10-15/h5-12,19H,4,13-14H2,1-3H3,(H,24,26). The van der Waals surface area contributed by atoms with Gasteiger partial charge in [-0.1, -0.05) is 30.8 Å². The van der Waals surface area contributed by atoms with Crippen LogP contribution in [0.15, 0.2) is 53.5 Å². The Labute approximate surface area is 180 Å². The van der Waals surface area contributed by atoms with E-state index in [2.05, 4.69) is 10.3 Å². The van der Waals surface area contributed by atoms with Crippen molar-refractivity contribution >= 4 is 40.1 Å². The summed E-state index contributed by atoms with van der Waals surface area (Å²) in [4.78, 5) is 31.8. The van der Waals surface area contributed by atoms with Gasteiger partial charge in [-0.15, -0.1) is 0 Å². The molecular formula is C22H25N3O4S. The monoisotopic (exact) mass is 427 g/mol. The van der Waals surface area contributed by atoms with Crippen LogP contribution >= 0.6 is 11.8 Å². The summed E-state index contributed by atoms with van der Waals surface area (Å²) in [5.41, 5.74) is 1.31. The molecule has 0 spiro atoms. The fourth-order valence-electron chi connectivity index (χ4n) is 3.04. The summed E-state index contributed by atoms with van der Waals surface area (Å²) < 4.78 is 10.4. The second-order valence-corrected chi connectivity index (χ2v) is 7.81. The molecule has 0 aromatic heterocycles. The third-order valence-electron chi connectivity index (χ3n) is 4.52. The van der Waals surface area contributed by atoms with Crippen molar-refractivity contribution in [2.24, 2.45) is 4.99 Å². The number of ether oxygens (including phenoxy) is 2. The van der Waals surface area contributed by atoms with Crippen molar-refractivity contribution in [3.05, 3.63) is 48.5 Å². The summed E-state index contributed by atoms with van der Waals surface area (Å²) in [5, 5.41) is 2.93. The Morgan fingerprint density at radius 1 is 1.13 bits per heavy atom. The first kappa shape index (κ1) is 21.7. The molecule has 0 bridgehead atoms. The van der Waals surface area contributed by atoms with Crippen LogP contribution in [0.25, 0.3) is 0 Å². The minimum atomic E-state index is -0.511. The Kier molecular flexibility index (Phi) is 7.35. The molecule has 0 aliphatic carbocycles. The normalized spacial score (nSPS) is 17.3. The lowest BCUT2D eigenvalue weighted by atomic mass is 10.2. The SMILES string of the molecule is CCCN1C(=O)C(CC(=O)Nc2ccccc2OC)SC1=Nc1ccc(OC)cc1. The highest BCUT2D eigenvalue weighted by molar-refractivity contribution is 8.15. The molecule has 1 heterocycles. The summed E-state index contributed by atoms with van der Waals surface area (Å²) in [6, 6.07) is 14.5. The number of benzene rings is 2. The third kappa shape index (κ3) is 5.13. The molecule has 8 heteroatoms. The first-order valence-corrected chi connectivity index (χ1v) is 10.6. The predicted molar refractivity (Wildman–Crippen MR) is 120 cm³/mol. The van der Waals surface area contributed by atoms with Gasteiger partial charge in [0.2, 0.25) is 11.8 Å². The Hall–Kier alpha value is -3.00. The maximum atomic E-state index is 12.9. The Bertz CT molecular complexity index is 930. The van der Waals surface area contributed by atoms with E-state index in [1.807, 2.05) is 43.3 Å². The van der Waals surface area contributed by atoms with Gasteiger partial charge in [-0.3, -0.25) is 14.5 Å². The maximum Gasteiger partial charge on any atom is 0.242 e. The summed E-state index contributed by atoms with van der Waals surface area (Å²) >= 11 is 1.32. The first-order chi connectivity index (χ1) is 14.5. The van der Waals surface area contributed by atoms with Gasteiger partial charge >= 0.3 is 0 Å². The van der Waals surface area contributed by atoms with Gasteiger partial charge in [-0.05, 0) is 42.8 Å². The summed E-state index contributed by atoms with van der Waals surface area (Å²) in [7, 11) is 3.15. The van der Waals surface area contributed by atoms with Crippen LogP contribution in [0, 0.1) is 0 Å². The third-order valence-corrected chi connectivity index (χ3v) is 5.69. The van der Waals surface area contributed by atoms with Gasteiger partial charge in [-0.2, -0.15) is 0 Å². The van der Waals surface area contributed by atoms with E-state index in [1.165, 1.54) is 11.8 Å². The number of rotatable bonds is 8. The van der Waals surface area contributed by atoms with Crippen LogP contribution in [0.4, 0.5) is 11.4 Å². The highest BCUT2D eigenvalue weighted by Crippen LogP contribution is 2.33. The van der Waals surface area contributed by atoms with Gasteiger partial charge in [0.25, 0.3) is 0 Å². The number of anilines is 1. The zero-order valence-electron chi connectivity index (χ0n) is 17.3. The van der Waals surface area contributed by atoms with Crippen LogP contribution in [0.5, 0.6) is 11.5 Å². The van der Waals surface area contributed by atoms with Crippen molar-refractivity contribution in [2.45, 2.75) is 25.0 Å². The molecule has 0 saturated carbocycles. The van der Waals surface area contributed by atoms with E-state index in [0.717, 1.165) is 17.9 Å². The van der Waals surface area contributed by atoms with Gasteiger partial charge in [0, 0.05) is 13.0 Å². The van der Waals surface area contributed by atoms with Gasteiger partial charge in [-0.25, -0.2) is 4.99 Å². The minimum absolute atomic E-state index is 0.0589. The molecule has 1 aliphatic rings. The number of thioether (sulfide) groups is 1. The molecule has 30 heavy (non-hydrogen) atoms. The van der Waals surface area contributed by atoms with Crippen molar-refractivity contribution in [3.63, 3.8) is 0 Å². The van der Waals surface area contributed by atoms with Crippen LogP contribution in [0.2, 0.25) is 0 Å². The molecule has 2 amide bonds. The van der Waals surface area contributed by atoms with Crippen LogP contribution in [0.1, 0.15) is 19.8 Å². The zero-order chi connectivity index (χ0) is 21.5. The Morgan fingerprint density at radius 2 is 1.87 bits per heavy atom. The summed E-state index contributed by atoms with van der Waals surface area (Å²) in [5.74, 6) is 0.979. The number of methoxy groups -OCH3 is 2. The van der Waals surface area contributed by atoms with Gasteiger partial charge in [0.15, 0.2) is 5.17 Å². The Balaban J connectivity index is 1.73. The van der Waals surface area contributed by atoms with Crippen molar-refractivity contribution in [3.8, 4) is 11.5 Å². The molecule has 2 aromatic rings. The van der Waals surface area contributed by atoms with E-state index in [1.54, 1.807) is 31.3 Å².